The zero-order valence-electron chi connectivity index (χ0n) is 11.1. The number of rotatable bonds is 2. The van der Waals surface area contributed by atoms with Crippen LogP contribution >= 0.6 is 24.2 Å². The van der Waals surface area contributed by atoms with Gasteiger partial charge in [0.25, 0.3) is 0 Å². The molecule has 0 aromatic rings. The van der Waals surface area contributed by atoms with E-state index < -0.39 is 0 Å². The van der Waals surface area contributed by atoms with Gasteiger partial charge in [0.2, 0.25) is 5.91 Å². The normalized spacial score (nSPS) is 29.8. The Morgan fingerprint density at radius 3 is 2.61 bits per heavy atom. The van der Waals surface area contributed by atoms with E-state index in [1.165, 1.54) is 0 Å². The minimum Gasteiger partial charge on any atom is -0.338 e. The topological polar surface area (TPSA) is 46.3 Å². The first-order valence-corrected chi connectivity index (χ1v) is 7.96. The van der Waals surface area contributed by atoms with E-state index in [0.717, 1.165) is 49.7 Å². The number of nitrogens with two attached hydrogens (primary N) is 1. The predicted octanol–water partition coefficient (Wildman–Crippen LogP) is 2.14. The number of amides is 1. The number of nitrogens with zero attached hydrogens (tertiary/aromatic N) is 1. The van der Waals surface area contributed by atoms with Crippen LogP contribution in [0.4, 0.5) is 0 Å². The molecule has 0 saturated carbocycles. The molecule has 5 heteroatoms. The molecule has 0 spiro atoms. The summed E-state index contributed by atoms with van der Waals surface area (Å²) in [4.78, 5) is 14.6. The first-order valence-electron chi connectivity index (χ1n) is 6.80. The van der Waals surface area contributed by atoms with Gasteiger partial charge in [-0.15, -0.1) is 12.4 Å². The van der Waals surface area contributed by atoms with Gasteiger partial charge in [-0.25, -0.2) is 0 Å². The maximum Gasteiger partial charge on any atom is 0.226 e. The summed E-state index contributed by atoms with van der Waals surface area (Å²) in [7, 11) is 0. The second kappa shape index (κ2) is 7.61. The van der Waals surface area contributed by atoms with Crippen LogP contribution in [0.25, 0.3) is 0 Å². The maximum atomic E-state index is 12.5. The van der Waals surface area contributed by atoms with E-state index in [0.29, 0.717) is 18.5 Å². The highest BCUT2D eigenvalue weighted by Crippen LogP contribution is 2.28. The minimum absolute atomic E-state index is 0. The Labute approximate surface area is 121 Å². The molecule has 18 heavy (non-hydrogen) atoms. The molecule has 0 bridgehead atoms. The number of hydrogen-bond donors (Lipinski definition) is 1. The van der Waals surface area contributed by atoms with Gasteiger partial charge in [0.05, 0.1) is 0 Å². The van der Waals surface area contributed by atoms with Crippen LogP contribution in [0.1, 0.15) is 32.6 Å². The molecule has 2 saturated heterocycles. The summed E-state index contributed by atoms with van der Waals surface area (Å²) in [5.41, 5.74) is 5.83. The van der Waals surface area contributed by atoms with Crippen LogP contribution < -0.4 is 5.73 Å². The average Bonchev–Trinajstić information content (AvgIpc) is 2.39. The summed E-state index contributed by atoms with van der Waals surface area (Å²) in [6, 6.07) is 0.292. The number of hydrogen-bond acceptors (Lipinski definition) is 3. The Hall–Kier alpha value is 0.0700. The van der Waals surface area contributed by atoms with Crippen LogP contribution in [0.3, 0.4) is 0 Å². The van der Waals surface area contributed by atoms with Gasteiger partial charge < -0.3 is 10.6 Å². The molecule has 0 aromatic heterocycles. The Morgan fingerprint density at radius 1 is 1.33 bits per heavy atom. The van der Waals surface area contributed by atoms with Gasteiger partial charge in [-0.1, -0.05) is 6.92 Å². The number of carbonyl (C=O) groups is 1. The Kier molecular flexibility index (Phi) is 6.82. The predicted molar refractivity (Wildman–Crippen MR) is 80.3 cm³/mol. The minimum atomic E-state index is 0. The fourth-order valence-electron chi connectivity index (χ4n) is 2.94. The molecule has 2 atom stereocenters. The quantitative estimate of drug-likeness (QED) is 0.848. The summed E-state index contributed by atoms with van der Waals surface area (Å²) in [6.07, 6.45) is 4.35. The first kappa shape index (κ1) is 16.1. The third kappa shape index (κ3) is 3.78. The molecule has 2 aliphatic rings. The van der Waals surface area contributed by atoms with Crippen molar-refractivity contribution in [2.45, 2.75) is 38.6 Å². The molecule has 3 nitrogen and oxygen atoms in total. The molecule has 2 unspecified atom stereocenters. The monoisotopic (exact) mass is 292 g/mol. The molecular formula is C13H25ClN2OS. The van der Waals surface area contributed by atoms with Crippen molar-refractivity contribution in [3.63, 3.8) is 0 Å². The second-order valence-corrected chi connectivity index (χ2v) is 6.66. The van der Waals surface area contributed by atoms with Crippen LogP contribution in [0.2, 0.25) is 0 Å². The number of carbonyl (C=O) groups excluding carboxylic acids is 1. The molecule has 2 N–H and O–H groups in total. The van der Waals surface area contributed by atoms with Crippen molar-refractivity contribution in [3.05, 3.63) is 0 Å². The summed E-state index contributed by atoms with van der Waals surface area (Å²) in [5.74, 6) is 3.67. The summed E-state index contributed by atoms with van der Waals surface area (Å²) in [6.45, 7) is 3.81. The van der Waals surface area contributed by atoms with Crippen LogP contribution in [0, 0.1) is 11.8 Å². The van der Waals surface area contributed by atoms with Crippen LogP contribution in [0.15, 0.2) is 0 Å². The smallest absolute Gasteiger partial charge is 0.226 e. The van der Waals surface area contributed by atoms with E-state index in [1.807, 2.05) is 11.8 Å². The molecule has 0 radical (unpaired) electrons. The van der Waals surface area contributed by atoms with Gasteiger partial charge in [0.15, 0.2) is 0 Å². The molecule has 2 rings (SSSR count). The van der Waals surface area contributed by atoms with Gasteiger partial charge in [0.1, 0.15) is 0 Å². The zero-order chi connectivity index (χ0) is 12.3. The number of thioether (sulfide) groups is 1. The zero-order valence-corrected chi connectivity index (χ0v) is 12.8. The van der Waals surface area contributed by atoms with Crippen LogP contribution in [-0.4, -0.2) is 41.4 Å². The van der Waals surface area contributed by atoms with E-state index in [4.69, 9.17) is 5.73 Å². The van der Waals surface area contributed by atoms with E-state index in [-0.39, 0.29) is 18.3 Å². The molecule has 2 aliphatic heterocycles. The van der Waals surface area contributed by atoms with Gasteiger partial charge in [-0.05, 0) is 43.1 Å². The van der Waals surface area contributed by atoms with Crippen molar-refractivity contribution < 1.29 is 4.79 Å². The standard InChI is InChI=1S/C13H24N2OS.ClH/c1-10-2-5-15(12(8-10)9-14)13(16)11-3-6-17-7-4-11;/h10-12H,2-9,14H2,1H3;1H. The van der Waals surface area contributed by atoms with Crippen LogP contribution in [0.5, 0.6) is 0 Å². The van der Waals surface area contributed by atoms with Gasteiger partial charge in [0, 0.05) is 25.0 Å². The van der Waals surface area contributed by atoms with Crippen LogP contribution in [-0.2, 0) is 4.79 Å². The lowest BCUT2D eigenvalue weighted by atomic mass is 9.90. The van der Waals surface area contributed by atoms with Crippen molar-refractivity contribution in [2.24, 2.45) is 17.6 Å². The fourth-order valence-corrected chi connectivity index (χ4v) is 4.05. The summed E-state index contributed by atoms with van der Waals surface area (Å²) >= 11 is 1.97. The highest BCUT2D eigenvalue weighted by atomic mass is 35.5. The molecule has 1 amide bonds. The lowest BCUT2D eigenvalue weighted by Gasteiger charge is -2.40. The summed E-state index contributed by atoms with van der Waals surface area (Å²) < 4.78 is 0. The van der Waals surface area contributed by atoms with Gasteiger partial charge in [-0.3, -0.25) is 4.79 Å². The van der Waals surface area contributed by atoms with Crippen molar-refractivity contribution in [3.8, 4) is 0 Å². The van der Waals surface area contributed by atoms with E-state index in [9.17, 15) is 4.79 Å². The van der Waals surface area contributed by atoms with Crippen molar-refractivity contribution in [1.29, 1.82) is 0 Å². The summed E-state index contributed by atoms with van der Waals surface area (Å²) in [5, 5.41) is 0. The third-order valence-electron chi connectivity index (χ3n) is 4.10. The molecular weight excluding hydrogens is 268 g/mol. The lowest BCUT2D eigenvalue weighted by molar-refractivity contribution is -0.140. The van der Waals surface area contributed by atoms with Crippen molar-refractivity contribution in [1.82, 2.24) is 4.90 Å². The van der Waals surface area contributed by atoms with Gasteiger partial charge >= 0.3 is 0 Å². The van der Waals surface area contributed by atoms with E-state index in [1.54, 1.807) is 0 Å². The Balaban J connectivity index is 0.00000162. The highest BCUT2D eigenvalue weighted by Gasteiger charge is 2.33. The van der Waals surface area contributed by atoms with Crippen molar-refractivity contribution >= 4 is 30.1 Å². The van der Waals surface area contributed by atoms with E-state index in [2.05, 4.69) is 11.8 Å². The largest absolute Gasteiger partial charge is 0.338 e. The highest BCUT2D eigenvalue weighted by molar-refractivity contribution is 7.99. The molecule has 0 aliphatic carbocycles. The average molecular weight is 293 g/mol. The Bertz CT molecular complexity index is 272. The molecule has 106 valence electrons. The number of halogens is 1. The first-order chi connectivity index (χ1) is 8.22. The number of likely N-dealkylation sites (tertiary alicyclic amines) is 1. The second-order valence-electron chi connectivity index (χ2n) is 5.44. The third-order valence-corrected chi connectivity index (χ3v) is 5.15. The van der Waals surface area contributed by atoms with Crippen molar-refractivity contribution in [2.75, 3.05) is 24.6 Å². The lowest BCUT2D eigenvalue weighted by Crippen LogP contribution is -2.51. The van der Waals surface area contributed by atoms with E-state index >= 15 is 0 Å². The maximum absolute atomic E-state index is 12.5. The Morgan fingerprint density at radius 2 is 2.00 bits per heavy atom. The number of piperidine rings is 1. The molecule has 2 fully saturated rings. The molecule has 2 heterocycles. The fraction of sp³-hybridized carbons (Fsp3) is 0.923. The molecule has 0 aromatic carbocycles. The SMILES string of the molecule is CC1CCN(C(=O)C2CCSCC2)C(CN)C1.Cl. The van der Waals surface area contributed by atoms with Gasteiger partial charge in [-0.2, -0.15) is 11.8 Å².